The number of ether oxygens (including phenoxy) is 1. The molecule has 1 aromatic rings. The van der Waals surface area contributed by atoms with Crippen LogP contribution in [0.4, 0.5) is 5.95 Å². The van der Waals surface area contributed by atoms with Crippen LogP contribution in [0.25, 0.3) is 0 Å². The average molecular weight is 264 g/mol. The summed E-state index contributed by atoms with van der Waals surface area (Å²) in [5.41, 5.74) is 0.942. The number of likely N-dealkylation sites (N-methyl/N-ethyl adjacent to an activating group) is 1. The van der Waals surface area contributed by atoms with Gasteiger partial charge in [-0.1, -0.05) is 6.42 Å². The fraction of sp³-hybridized carbons (Fsp3) is 0.714. The molecule has 1 saturated heterocycles. The predicted octanol–water partition coefficient (Wildman–Crippen LogP) is 1.76. The van der Waals surface area contributed by atoms with Crippen molar-refractivity contribution in [1.82, 2.24) is 15.3 Å². The Morgan fingerprint density at radius 3 is 2.95 bits per heavy atom. The zero-order valence-electron chi connectivity index (χ0n) is 12.1. The Hall–Kier alpha value is -1.36. The Morgan fingerprint density at radius 1 is 1.42 bits per heavy atom. The maximum Gasteiger partial charge on any atom is 0.228 e. The second-order valence-electron chi connectivity index (χ2n) is 5.11. The van der Waals surface area contributed by atoms with Gasteiger partial charge < -0.3 is 15.0 Å². The summed E-state index contributed by atoms with van der Waals surface area (Å²) in [6, 6.07) is 2.41. The number of rotatable bonds is 5. The van der Waals surface area contributed by atoms with E-state index >= 15 is 0 Å². The van der Waals surface area contributed by atoms with Crippen LogP contribution in [0, 0.1) is 6.92 Å². The van der Waals surface area contributed by atoms with Crippen molar-refractivity contribution in [3.63, 3.8) is 0 Å². The number of nitrogens with one attached hydrogen (secondary N) is 1. The van der Waals surface area contributed by atoms with E-state index in [-0.39, 0.29) is 0 Å². The maximum absolute atomic E-state index is 5.47. The van der Waals surface area contributed by atoms with Gasteiger partial charge in [-0.05, 0) is 33.2 Å². The molecule has 106 valence electrons. The fourth-order valence-electron chi connectivity index (χ4n) is 2.41. The van der Waals surface area contributed by atoms with E-state index in [2.05, 4.69) is 20.2 Å². The summed E-state index contributed by atoms with van der Waals surface area (Å²) in [5, 5.41) is 3.55. The lowest BCUT2D eigenvalue weighted by atomic mass is 10.0. The lowest BCUT2D eigenvalue weighted by molar-refractivity contribution is 0.325. The Morgan fingerprint density at radius 2 is 2.26 bits per heavy atom. The van der Waals surface area contributed by atoms with E-state index in [1.807, 2.05) is 27.0 Å². The first-order valence-corrected chi connectivity index (χ1v) is 7.12. The highest BCUT2D eigenvalue weighted by Gasteiger charge is 2.16. The molecule has 0 bridgehead atoms. The fourth-order valence-corrected chi connectivity index (χ4v) is 2.41. The third-order valence-electron chi connectivity index (χ3n) is 3.36. The Bertz CT molecular complexity index is 404. The van der Waals surface area contributed by atoms with Gasteiger partial charge in [0.25, 0.3) is 0 Å². The summed E-state index contributed by atoms with van der Waals surface area (Å²) >= 11 is 0. The highest BCUT2D eigenvalue weighted by Crippen LogP contribution is 2.16. The molecule has 0 radical (unpaired) electrons. The molecule has 1 fully saturated rings. The van der Waals surface area contributed by atoms with Crippen molar-refractivity contribution in [2.24, 2.45) is 0 Å². The van der Waals surface area contributed by atoms with Gasteiger partial charge >= 0.3 is 0 Å². The van der Waals surface area contributed by atoms with Gasteiger partial charge in [-0.2, -0.15) is 4.98 Å². The summed E-state index contributed by atoms with van der Waals surface area (Å²) in [6.45, 7) is 6.63. The first-order valence-electron chi connectivity index (χ1n) is 7.12. The van der Waals surface area contributed by atoms with Crippen LogP contribution >= 0.6 is 0 Å². The molecule has 1 N–H and O–H groups in total. The summed E-state index contributed by atoms with van der Waals surface area (Å²) < 4.78 is 5.47. The molecule has 0 saturated carbocycles. The van der Waals surface area contributed by atoms with Crippen molar-refractivity contribution < 1.29 is 4.74 Å². The number of piperidine rings is 1. The number of aromatic nitrogens is 2. The van der Waals surface area contributed by atoms with Crippen LogP contribution in [0.2, 0.25) is 0 Å². The minimum atomic E-state index is 0.540. The van der Waals surface area contributed by atoms with Gasteiger partial charge in [-0.15, -0.1) is 0 Å². The van der Waals surface area contributed by atoms with Crippen LogP contribution in [0.5, 0.6) is 5.88 Å². The van der Waals surface area contributed by atoms with Gasteiger partial charge in [0, 0.05) is 31.4 Å². The van der Waals surface area contributed by atoms with Gasteiger partial charge in [0.15, 0.2) is 0 Å². The minimum Gasteiger partial charge on any atom is -0.478 e. The first-order chi connectivity index (χ1) is 9.19. The van der Waals surface area contributed by atoms with Crippen LogP contribution < -0.4 is 15.0 Å². The van der Waals surface area contributed by atoms with Crippen molar-refractivity contribution in [2.75, 3.05) is 31.6 Å². The summed E-state index contributed by atoms with van der Waals surface area (Å²) in [4.78, 5) is 11.1. The normalized spacial score (nSPS) is 19.2. The van der Waals surface area contributed by atoms with Crippen molar-refractivity contribution >= 4 is 5.95 Å². The molecule has 0 spiro atoms. The van der Waals surface area contributed by atoms with Crippen molar-refractivity contribution in [1.29, 1.82) is 0 Å². The predicted molar refractivity (Wildman–Crippen MR) is 76.8 cm³/mol. The smallest absolute Gasteiger partial charge is 0.228 e. The number of anilines is 1. The zero-order valence-corrected chi connectivity index (χ0v) is 12.1. The minimum absolute atomic E-state index is 0.540. The molecular formula is C14H24N4O. The molecule has 5 nitrogen and oxygen atoms in total. The number of aryl methyl sites for hydroxylation is 1. The van der Waals surface area contributed by atoms with Crippen LogP contribution in [-0.4, -0.2) is 42.8 Å². The molecular weight excluding hydrogens is 240 g/mol. The number of hydrogen-bond donors (Lipinski definition) is 1. The topological polar surface area (TPSA) is 50.3 Å². The van der Waals surface area contributed by atoms with Crippen molar-refractivity contribution in [3.8, 4) is 5.88 Å². The Kier molecular flexibility index (Phi) is 4.96. The first kappa shape index (κ1) is 14.1. The lowest BCUT2D eigenvalue weighted by Crippen LogP contribution is -2.43. The summed E-state index contributed by atoms with van der Waals surface area (Å²) in [5.74, 6) is 1.41. The molecule has 2 heterocycles. The summed E-state index contributed by atoms with van der Waals surface area (Å²) in [7, 11) is 2.04. The van der Waals surface area contributed by atoms with Gasteiger partial charge in [0.05, 0.1) is 6.61 Å². The summed E-state index contributed by atoms with van der Waals surface area (Å²) in [6.07, 6.45) is 3.83. The molecule has 19 heavy (non-hydrogen) atoms. The van der Waals surface area contributed by atoms with Crippen LogP contribution in [0.3, 0.4) is 0 Å². The maximum atomic E-state index is 5.47. The molecule has 0 aliphatic carbocycles. The van der Waals surface area contributed by atoms with Gasteiger partial charge in [0.2, 0.25) is 11.8 Å². The number of nitrogens with zero attached hydrogens (tertiary/aromatic N) is 3. The van der Waals surface area contributed by atoms with E-state index in [9.17, 15) is 0 Å². The van der Waals surface area contributed by atoms with Crippen molar-refractivity contribution in [2.45, 2.75) is 39.2 Å². The van der Waals surface area contributed by atoms with E-state index < -0.39 is 0 Å². The van der Waals surface area contributed by atoms with E-state index in [1.165, 1.54) is 19.3 Å². The van der Waals surface area contributed by atoms with E-state index in [4.69, 9.17) is 4.74 Å². The van der Waals surface area contributed by atoms with Gasteiger partial charge in [-0.3, -0.25) is 0 Å². The van der Waals surface area contributed by atoms with Crippen LogP contribution in [-0.2, 0) is 0 Å². The highest BCUT2D eigenvalue weighted by molar-refractivity contribution is 5.33. The molecule has 1 atom stereocenters. The molecule has 5 heteroatoms. The number of hydrogen-bond acceptors (Lipinski definition) is 5. The van der Waals surface area contributed by atoms with E-state index in [1.54, 1.807) is 0 Å². The lowest BCUT2D eigenvalue weighted by Gasteiger charge is -2.28. The van der Waals surface area contributed by atoms with Gasteiger partial charge in [0.1, 0.15) is 0 Å². The third-order valence-corrected chi connectivity index (χ3v) is 3.36. The van der Waals surface area contributed by atoms with E-state index in [0.29, 0.717) is 18.5 Å². The highest BCUT2D eigenvalue weighted by atomic mass is 16.5. The molecule has 1 aromatic heterocycles. The Labute approximate surface area is 115 Å². The van der Waals surface area contributed by atoms with Crippen LogP contribution in [0.15, 0.2) is 6.07 Å². The third kappa shape index (κ3) is 4.06. The average Bonchev–Trinajstić information content (AvgIpc) is 2.39. The molecule has 2 rings (SSSR count). The molecule has 1 aliphatic heterocycles. The molecule has 0 aromatic carbocycles. The second kappa shape index (κ2) is 6.70. The largest absolute Gasteiger partial charge is 0.478 e. The SMILES string of the molecule is CCOc1cc(C)nc(N(C)CC2CCCCN2)n1. The van der Waals surface area contributed by atoms with E-state index in [0.717, 1.165) is 24.7 Å². The molecule has 1 unspecified atom stereocenters. The quantitative estimate of drug-likeness (QED) is 0.878. The van der Waals surface area contributed by atoms with Crippen LogP contribution in [0.1, 0.15) is 31.9 Å². The standard InChI is InChI=1S/C14H24N4O/c1-4-19-13-9-11(2)16-14(17-13)18(3)10-12-7-5-6-8-15-12/h9,12,15H,4-8,10H2,1-3H3. The molecule has 0 amide bonds. The molecule has 1 aliphatic rings. The Balaban J connectivity index is 2.02. The second-order valence-corrected chi connectivity index (χ2v) is 5.11. The zero-order chi connectivity index (χ0) is 13.7. The van der Waals surface area contributed by atoms with Crippen molar-refractivity contribution in [3.05, 3.63) is 11.8 Å². The van der Waals surface area contributed by atoms with Gasteiger partial charge in [-0.25, -0.2) is 4.98 Å². The monoisotopic (exact) mass is 264 g/mol.